The van der Waals surface area contributed by atoms with Crippen LogP contribution in [0.4, 0.5) is 4.39 Å². The molecule has 8 heteroatoms. The molecule has 1 aromatic carbocycles. The lowest BCUT2D eigenvalue weighted by atomic mass is 10.00. The number of fused-ring (bicyclic) bond motifs is 1. The van der Waals surface area contributed by atoms with Crippen LogP contribution < -0.4 is 0 Å². The van der Waals surface area contributed by atoms with E-state index >= 15 is 0 Å². The molecule has 1 atom stereocenters. The number of halogens is 1. The number of hydrogen-bond donors (Lipinski definition) is 0. The summed E-state index contributed by atoms with van der Waals surface area (Å²) in [5.74, 6) is 0.0547. The lowest BCUT2D eigenvalue weighted by molar-refractivity contribution is -0.133. The first-order chi connectivity index (χ1) is 14.2. The van der Waals surface area contributed by atoms with Gasteiger partial charge >= 0.3 is 0 Å². The summed E-state index contributed by atoms with van der Waals surface area (Å²) < 4.78 is 14.9. The minimum atomic E-state index is -0.350. The molecule has 0 radical (unpaired) electrons. The van der Waals surface area contributed by atoms with Crippen LogP contribution >= 0.6 is 0 Å². The van der Waals surface area contributed by atoms with Crippen LogP contribution in [0.5, 0.6) is 0 Å². The van der Waals surface area contributed by atoms with Crippen molar-refractivity contribution in [1.82, 2.24) is 30.1 Å². The Bertz CT molecular complexity index is 943. The highest BCUT2D eigenvalue weighted by Crippen LogP contribution is 2.27. The number of amides is 1. The molecule has 0 aliphatic carbocycles. The molecule has 3 aromatic rings. The van der Waals surface area contributed by atoms with Crippen molar-refractivity contribution in [3.8, 4) is 0 Å². The normalized spacial score (nSPS) is 16.1. The number of hydrogen-bond acceptors (Lipinski definition) is 5. The van der Waals surface area contributed by atoms with Crippen LogP contribution in [0.15, 0.2) is 48.8 Å². The van der Waals surface area contributed by atoms with Gasteiger partial charge in [-0.2, -0.15) is 0 Å². The zero-order chi connectivity index (χ0) is 20.1. The molecule has 0 saturated heterocycles. The molecule has 29 heavy (non-hydrogen) atoms. The Balaban J connectivity index is 1.55. The molecule has 3 heterocycles. The zero-order valence-electron chi connectivity index (χ0n) is 16.1. The fourth-order valence-electron chi connectivity index (χ4n) is 3.71. The summed E-state index contributed by atoms with van der Waals surface area (Å²) in [6.07, 6.45) is 6.77. The summed E-state index contributed by atoms with van der Waals surface area (Å²) in [6, 6.07) is 10.2. The van der Waals surface area contributed by atoms with Gasteiger partial charge in [0.25, 0.3) is 0 Å². The molecule has 0 bridgehead atoms. The molecule has 7 nitrogen and oxygen atoms in total. The highest BCUT2D eigenvalue weighted by Gasteiger charge is 2.31. The molecular formula is C21H23FN6O. The predicted octanol–water partition coefficient (Wildman–Crippen LogP) is 2.75. The lowest BCUT2D eigenvalue weighted by Gasteiger charge is -2.26. The van der Waals surface area contributed by atoms with Gasteiger partial charge in [0.2, 0.25) is 5.91 Å². The highest BCUT2D eigenvalue weighted by atomic mass is 19.1. The average Bonchev–Trinajstić information content (AvgIpc) is 3.12. The molecule has 0 spiro atoms. The third-order valence-electron chi connectivity index (χ3n) is 5.27. The quantitative estimate of drug-likeness (QED) is 0.643. The van der Waals surface area contributed by atoms with E-state index in [4.69, 9.17) is 0 Å². The van der Waals surface area contributed by atoms with Gasteiger partial charge in [0.05, 0.1) is 5.92 Å². The number of carbonyl (C=O) groups excluding carboxylic acids is 1. The number of tetrazole rings is 1. The van der Waals surface area contributed by atoms with Crippen molar-refractivity contribution in [2.75, 3.05) is 6.54 Å². The number of aryl methyl sites for hydroxylation is 1. The van der Waals surface area contributed by atoms with Gasteiger partial charge in [-0.15, -0.1) is 5.10 Å². The van der Waals surface area contributed by atoms with Gasteiger partial charge in [0.15, 0.2) is 5.82 Å². The van der Waals surface area contributed by atoms with Crippen molar-refractivity contribution in [2.24, 2.45) is 0 Å². The summed E-state index contributed by atoms with van der Waals surface area (Å²) in [5.41, 5.74) is 1.95. The minimum Gasteiger partial charge on any atom is -0.337 e. The van der Waals surface area contributed by atoms with Crippen LogP contribution in [-0.2, 0) is 24.3 Å². The van der Waals surface area contributed by atoms with E-state index in [1.807, 2.05) is 17.0 Å². The van der Waals surface area contributed by atoms with E-state index in [0.717, 1.165) is 36.9 Å². The molecule has 0 saturated carbocycles. The second kappa shape index (κ2) is 8.89. The van der Waals surface area contributed by atoms with E-state index in [9.17, 15) is 9.18 Å². The first-order valence-electron chi connectivity index (χ1n) is 9.89. The van der Waals surface area contributed by atoms with E-state index in [1.54, 1.807) is 29.2 Å². The van der Waals surface area contributed by atoms with Crippen LogP contribution in [0.25, 0.3) is 0 Å². The summed E-state index contributed by atoms with van der Waals surface area (Å²) >= 11 is 0. The van der Waals surface area contributed by atoms with Gasteiger partial charge in [0, 0.05) is 32.0 Å². The van der Waals surface area contributed by atoms with Crippen LogP contribution in [-0.4, -0.2) is 42.5 Å². The fourth-order valence-corrected chi connectivity index (χ4v) is 3.71. The molecule has 1 aliphatic rings. The summed E-state index contributed by atoms with van der Waals surface area (Å²) in [7, 11) is 0. The molecule has 150 valence electrons. The average molecular weight is 394 g/mol. The van der Waals surface area contributed by atoms with E-state index in [2.05, 4.69) is 20.5 Å². The van der Waals surface area contributed by atoms with Crippen molar-refractivity contribution in [2.45, 2.75) is 44.7 Å². The van der Waals surface area contributed by atoms with Crippen molar-refractivity contribution < 1.29 is 9.18 Å². The summed E-state index contributed by atoms with van der Waals surface area (Å²) in [4.78, 5) is 19.5. The Morgan fingerprint density at radius 2 is 2.03 bits per heavy atom. The Labute approximate surface area is 168 Å². The van der Waals surface area contributed by atoms with Crippen molar-refractivity contribution in [1.29, 1.82) is 0 Å². The van der Waals surface area contributed by atoms with Gasteiger partial charge in [-0.3, -0.25) is 9.78 Å². The van der Waals surface area contributed by atoms with Crippen molar-refractivity contribution in [3.05, 3.63) is 71.6 Å². The molecule has 1 aliphatic heterocycles. The van der Waals surface area contributed by atoms with Gasteiger partial charge in [-0.05, 0) is 59.0 Å². The van der Waals surface area contributed by atoms with Crippen molar-refractivity contribution >= 4 is 5.91 Å². The largest absolute Gasteiger partial charge is 0.337 e. The third-order valence-corrected chi connectivity index (χ3v) is 5.27. The maximum atomic E-state index is 13.5. The predicted molar refractivity (Wildman–Crippen MR) is 104 cm³/mol. The van der Waals surface area contributed by atoms with Crippen molar-refractivity contribution in [3.63, 3.8) is 0 Å². The number of carbonyl (C=O) groups is 1. The monoisotopic (exact) mass is 394 g/mol. The van der Waals surface area contributed by atoms with Crippen LogP contribution in [0, 0.1) is 5.82 Å². The Morgan fingerprint density at radius 3 is 2.83 bits per heavy atom. The van der Waals surface area contributed by atoms with E-state index < -0.39 is 0 Å². The van der Waals surface area contributed by atoms with Gasteiger partial charge in [-0.1, -0.05) is 24.6 Å². The van der Waals surface area contributed by atoms with E-state index in [0.29, 0.717) is 25.3 Å². The minimum absolute atomic E-state index is 0.0221. The maximum Gasteiger partial charge on any atom is 0.233 e. The maximum absolute atomic E-state index is 13.5. The number of benzene rings is 1. The SMILES string of the molecule is O=C(C1CCCCn2nnnc21)N(CCc1ccc(F)cc1)Cc1cccnc1. The molecule has 1 amide bonds. The first-order valence-corrected chi connectivity index (χ1v) is 9.89. The third kappa shape index (κ3) is 4.64. The topological polar surface area (TPSA) is 76.8 Å². The lowest BCUT2D eigenvalue weighted by Crippen LogP contribution is -2.37. The smallest absolute Gasteiger partial charge is 0.233 e. The zero-order valence-corrected chi connectivity index (χ0v) is 16.1. The molecule has 4 rings (SSSR count). The van der Waals surface area contributed by atoms with E-state index in [1.165, 1.54) is 12.1 Å². The fraction of sp³-hybridized carbons (Fsp3) is 0.381. The Kier molecular flexibility index (Phi) is 5.88. The molecule has 0 fully saturated rings. The van der Waals surface area contributed by atoms with Crippen LogP contribution in [0.1, 0.15) is 42.1 Å². The summed E-state index contributed by atoms with van der Waals surface area (Å²) in [6.45, 7) is 1.73. The van der Waals surface area contributed by atoms with E-state index in [-0.39, 0.29) is 17.6 Å². The van der Waals surface area contributed by atoms with Crippen LogP contribution in [0.2, 0.25) is 0 Å². The molecule has 2 aromatic heterocycles. The van der Waals surface area contributed by atoms with Gasteiger partial charge in [0.1, 0.15) is 5.82 Å². The second-order valence-corrected chi connectivity index (χ2v) is 7.31. The molecular weight excluding hydrogens is 371 g/mol. The first kappa shape index (κ1) is 19.2. The number of pyridine rings is 1. The Hall–Kier alpha value is -3.16. The standard InChI is InChI=1S/C21H23FN6O/c22-18-8-6-16(7-9-18)10-13-27(15-17-4-3-11-23-14-17)21(29)19-5-1-2-12-28-20(19)24-25-26-28/h3-4,6-9,11,14,19H,1-2,5,10,12-13,15H2. The molecule has 0 N–H and O–H groups in total. The second-order valence-electron chi connectivity index (χ2n) is 7.31. The highest BCUT2D eigenvalue weighted by molar-refractivity contribution is 5.83. The Morgan fingerprint density at radius 1 is 1.17 bits per heavy atom. The van der Waals surface area contributed by atoms with Crippen LogP contribution in [0.3, 0.4) is 0 Å². The number of nitrogens with zero attached hydrogens (tertiary/aromatic N) is 6. The number of rotatable bonds is 6. The number of aromatic nitrogens is 5. The molecule has 1 unspecified atom stereocenters. The summed E-state index contributed by atoms with van der Waals surface area (Å²) in [5, 5.41) is 11.9. The van der Waals surface area contributed by atoms with Gasteiger partial charge in [-0.25, -0.2) is 9.07 Å². The van der Waals surface area contributed by atoms with Gasteiger partial charge < -0.3 is 4.90 Å².